The van der Waals surface area contributed by atoms with E-state index in [1.54, 1.807) is 31.1 Å². The fourth-order valence-corrected chi connectivity index (χ4v) is 5.79. The largest absolute Gasteiger partial charge is 0.497 e. The van der Waals surface area contributed by atoms with Crippen LogP contribution in [-0.2, 0) is 26.2 Å². The molecule has 0 aromatic heterocycles. The number of methoxy groups -OCH3 is 1. The smallest absolute Gasteiger partial charge is 0.242 e. The molecule has 37 heavy (non-hydrogen) atoms. The molecular formula is C28H39N3O5S. The van der Waals surface area contributed by atoms with Crippen LogP contribution in [-0.4, -0.2) is 57.1 Å². The Morgan fingerprint density at radius 1 is 1.11 bits per heavy atom. The SMILES string of the molecule is COc1cccc(CN(C(=O)CCCN(c2ccccc2C)S(C)(=O)=O)C(C)C(=O)NC2CCCC2)c1. The Kier molecular flexibility index (Phi) is 9.97. The highest BCUT2D eigenvalue weighted by molar-refractivity contribution is 7.92. The molecule has 0 spiro atoms. The molecule has 9 heteroatoms. The molecule has 1 fully saturated rings. The average molecular weight is 530 g/mol. The van der Waals surface area contributed by atoms with Crippen molar-refractivity contribution in [2.24, 2.45) is 0 Å². The Hall–Kier alpha value is -3.07. The Morgan fingerprint density at radius 3 is 2.46 bits per heavy atom. The van der Waals surface area contributed by atoms with E-state index in [-0.39, 0.29) is 37.4 Å². The first-order valence-corrected chi connectivity index (χ1v) is 14.7. The van der Waals surface area contributed by atoms with Gasteiger partial charge in [0.1, 0.15) is 11.8 Å². The van der Waals surface area contributed by atoms with Crippen LogP contribution < -0.4 is 14.4 Å². The van der Waals surface area contributed by atoms with Crippen molar-refractivity contribution in [2.75, 3.05) is 24.2 Å². The van der Waals surface area contributed by atoms with E-state index in [2.05, 4.69) is 5.32 Å². The molecule has 8 nitrogen and oxygen atoms in total. The van der Waals surface area contributed by atoms with Gasteiger partial charge in [-0.25, -0.2) is 8.42 Å². The van der Waals surface area contributed by atoms with E-state index in [4.69, 9.17) is 4.74 Å². The maximum Gasteiger partial charge on any atom is 0.242 e. The summed E-state index contributed by atoms with van der Waals surface area (Å²) in [5, 5.41) is 3.10. The lowest BCUT2D eigenvalue weighted by Crippen LogP contribution is -2.49. The number of ether oxygens (including phenoxy) is 1. The van der Waals surface area contributed by atoms with Crippen LogP contribution in [0.15, 0.2) is 48.5 Å². The van der Waals surface area contributed by atoms with Crippen molar-refractivity contribution >= 4 is 27.5 Å². The van der Waals surface area contributed by atoms with Crippen LogP contribution in [0.4, 0.5) is 5.69 Å². The predicted molar refractivity (Wildman–Crippen MR) is 146 cm³/mol. The predicted octanol–water partition coefficient (Wildman–Crippen LogP) is 4.03. The lowest BCUT2D eigenvalue weighted by Gasteiger charge is -2.30. The van der Waals surface area contributed by atoms with Crippen molar-refractivity contribution in [1.29, 1.82) is 0 Å². The fraction of sp³-hybridized carbons (Fsp3) is 0.500. The number of nitrogens with zero attached hydrogens (tertiary/aromatic N) is 2. The van der Waals surface area contributed by atoms with Crippen molar-refractivity contribution < 1.29 is 22.7 Å². The summed E-state index contributed by atoms with van der Waals surface area (Å²) >= 11 is 0. The second kappa shape index (κ2) is 12.9. The molecule has 0 saturated heterocycles. The lowest BCUT2D eigenvalue weighted by atomic mass is 10.1. The van der Waals surface area contributed by atoms with E-state index in [0.29, 0.717) is 17.9 Å². The molecule has 3 rings (SSSR count). The number of hydrogen-bond donors (Lipinski definition) is 1. The quantitative estimate of drug-likeness (QED) is 0.448. The van der Waals surface area contributed by atoms with Gasteiger partial charge in [-0.1, -0.05) is 43.2 Å². The molecule has 0 radical (unpaired) electrons. The van der Waals surface area contributed by atoms with Crippen molar-refractivity contribution in [3.05, 3.63) is 59.7 Å². The summed E-state index contributed by atoms with van der Waals surface area (Å²) in [5.74, 6) is 0.311. The summed E-state index contributed by atoms with van der Waals surface area (Å²) in [7, 11) is -1.94. The number of sulfonamides is 1. The third-order valence-electron chi connectivity index (χ3n) is 6.89. The minimum Gasteiger partial charge on any atom is -0.497 e. The van der Waals surface area contributed by atoms with Crippen LogP contribution in [0.3, 0.4) is 0 Å². The van der Waals surface area contributed by atoms with Crippen LogP contribution in [0.1, 0.15) is 56.6 Å². The summed E-state index contributed by atoms with van der Waals surface area (Å²) < 4.78 is 31.7. The molecule has 1 unspecified atom stereocenters. The third-order valence-corrected chi connectivity index (χ3v) is 8.07. The number of nitrogens with one attached hydrogen (secondary N) is 1. The molecule has 1 aliphatic carbocycles. The Balaban J connectivity index is 1.74. The topological polar surface area (TPSA) is 96.0 Å². The zero-order chi connectivity index (χ0) is 27.0. The number of carbonyl (C=O) groups is 2. The second-order valence-electron chi connectivity index (χ2n) is 9.76. The minimum atomic E-state index is -3.53. The summed E-state index contributed by atoms with van der Waals surface area (Å²) in [6, 6.07) is 14.2. The van der Waals surface area contributed by atoms with Crippen molar-refractivity contribution in [1.82, 2.24) is 10.2 Å². The number of amides is 2. The number of carbonyl (C=O) groups excluding carboxylic acids is 2. The van der Waals surface area contributed by atoms with Crippen LogP contribution in [0.5, 0.6) is 5.75 Å². The molecule has 2 aromatic carbocycles. The van der Waals surface area contributed by atoms with Gasteiger partial charge in [-0.15, -0.1) is 0 Å². The monoisotopic (exact) mass is 529 g/mol. The summed E-state index contributed by atoms with van der Waals surface area (Å²) in [4.78, 5) is 28.1. The number of anilines is 1. The maximum atomic E-state index is 13.5. The fourth-order valence-electron chi connectivity index (χ4n) is 4.77. The molecular weight excluding hydrogens is 490 g/mol. The standard InChI is InChI=1S/C28H39N3O5S/c1-21-11-5-8-16-26(21)31(37(4,34)35)18-10-17-27(32)30(20-23-12-9-15-25(19-23)36-3)22(2)28(33)29-24-13-6-7-14-24/h5,8-9,11-12,15-16,19,22,24H,6-7,10,13-14,17-18,20H2,1-4H3,(H,29,33). The number of rotatable bonds is 12. The summed E-state index contributed by atoms with van der Waals surface area (Å²) in [5.41, 5.74) is 2.30. The van der Waals surface area contributed by atoms with Gasteiger partial charge in [-0.2, -0.15) is 0 Å². The van der Waals surface area contributed by atoms with E-state index in [0.717, 1.165) is 36.8 Å². The summed E-state index contributed by atoms with van der Waals surface area (Å²) in [6.07, 6.45) is 5.73. The Labute approximate surface area is 221 Å². The summed E-state index contributed by atoms with van der Waals surface area (Å²) in [6.45, 7) is 4.03. The number of hydrogen-bond acceptors (Lipinski definition) is 5. The van der Waals surface area contributed by atoms with E-state index < -0.39 is 16.1 Å². The lowest BCUT2D eigenvalue weighted by molar-refractivity contribution is -0.141. The van der Waals surface area contributed by atoms with E-state index in [1.807, 2.05) is 43.3 Å². The molecule has 1 N–H and O–H groups in total. The zero-order valence-corrected chi connectivity index (χ0v) is 23.1. The first-order chi connectivity index (χ1) is 17.6. The van der Waals surface area contributed by atoms with Crippen LogP contribution in [0, 0.1) is 6.92 Å². The van der Waals surface area contributed by atoms with Crippen molar-refractivity contribution in [2.45, 2.75) is 71.0 Å². The van der Waals surface area contributed by atoms with Crippen LogP contribution >= 0.6 is 0 Å². The highest BCUT2D eigenvalue weighted by atomic mass is 32.2. The van der Waals surface area contributed by atoms with E-state index in [9.17, 15) is 18.0 Å². The molecule has 2 amide bonds. The molecule has 0 heterocycles. The highest BCUT2D eigenvalue weighted by Gasteiger charge is 2.29. The number of benzene rings is 2. The van der Waals surface area contributed by atoms with Gasteiger partial charge in [0, 0.05) is 25.6 Å². The van der Waals surface area contributed by atoms with Crippen molar-refractivity contribution in [3.8, 4) is 5.75 Å². The molecule has 1 atom stereocenters. The zero-order valence-electron chi connectivity index (χ0n) is 22.3. The minimum absolute atomic E-state index is 0.114. The first kappa shape index (κ1) is 28.5. The van der Waals surface area contributed by atoms with Gasteiger partial charge in [-0.05, 0) is 62.4 Å². The van der Waals surface area contributed by atoms with Crippen molar-refractivity contribution in [3.63, 3.8) is 0 Å². The molecule has 202 valence electrons. The van der Waals surface area contributed by atoms with Crippen LogP contribution in [0.25, 0.3) is 0 Å². The molecule has 1 saturated carbocycles. The van der Waals surface area contributed by atoms with E-state index in [1.165, 1.54) is 10.6 Å². The van der Waals surface area contributed by atoms with Gasteiger partial charge >= 0.3 is 0 Å². The van der Waals surface area contributed by atoms with Gasteiger partial charge in [0.05, 0.1) is 19.1 Å². The second-order valence-corrected chi connectivity index (χ2v) is 11.7. The molecule has 2 aromatic rings. The third kappa shape index (κ3) is 7.95. The Morgan fingerprint density at radius 2 is 1.81 bits per heavy atom. The Bertz CT molecular complexity index is 1180. The first-order valence-electron chi connectivity index (χ1n) is 12.9. The maximum absolute atomic E-state index is 13.5. The van der Waals surface area contributed by atoms with Gasteiger partial charge < -0.3 is 15.0 Å². The normalized spacial score (nSPS) is 14.7. The van der Waals surface area contributed by atoms with Gasteiger partial charge in [0.2, 0.25) is 21.8 Å². The van der Waals surface area contributed by atoms with Gasteiger partial charge in [-0.3, -0.25) is 13.9 Å². The average Bonchev–Trinajstić information content (AvgIpc) is 3.37. The molecule has 1 aliphatic rings. The molecule has 0 aliphatic heterocycles. The highest BCUT2D eigenvalue weighted by Crippen LogP contribution is 2.23. The number of para-hydroxylation sites is 1. The molecule has 0 bridgehead atoms. The van der Waals surface area contributed by atoms with E-state index >= 15 is 0 Å². The van der Waals surface area contributed by atoms with Crippen LogP contribution in [0.2, 0.25) is 0 Å². The van der Waals surface area contributed by atoms with Gasteiger partial charge in [0.25, 0.3) is 0 Å². The number of aryl methyl sites for hydroxylation is 1. The van der Waals surface area contributed by atoms with Gasteiger partial charge in [0.15, 0.2) is 0 Å².